The Labute approximate surface area is 119 Å². The molecule has 1 unspecified atom stereocenters. The van der Waals surface area contributed by atoms with Crippen LogP contribution in [0.3, 0.4) is 0 Å². The van der Waals surface area contributed by atoms with Gasteiger partial charge in [-0.1, -0.05) is 6.07 Å². The van der Waals surface area contributed by atoms with Crippen LogP contribution >= 0.6 is 0 Å². The SMILES string of the molecule is C[C@@H](O)c1ccc(C#N)cc1N(C)C1CCS(=O)(=O)C1. The van der Waals surface area contributed by atoms with E-state index in [1.54, 1.807) is 25.1 Å². The van der Waals surface area contributed by atoms with E-state index in [-0.39, 0.29) is 17.5 Å². The molecule has 1 aliphatic heterocycles. The Balaban J connectivity index is 2.38. The number of benzene rings is 1. The fourth-order valence-corrected chi connectivity index (χ4v) is 4.32. The van der Waals surface area contributed by atoms with Crippen LogP contribution in [0, 0.1) is 11.3 Å². The van der Waals surface area contributed by atoms with Crippen LogP contribution in [0.5, 0.6) is 0 Å². The molecule has 1 heterocycles. The van der Waals surface area contributed by atoms with Crippen LogP contribution in [0.15, 0.2) is 18.2 Å². The maximum atomic E-state index is 11.6. The topological polar surface area (TPSA) is 81.4 Å². The third kappa shape index (κ3) is 2.94. The van der Waals surface area contributed by atoms with Crippen molar-refractivity contribution in [2.45, 2.75) is 25.5 Å². The third-order valence-corrected chi connectivity index (χ3v) is 5.50. The van der Waals surface area contributed by atoms with E-state index in [1.165, 1.54) is 0 Å². The zero-order valence-corrected chi connectivity index (χ0v) is 12.4. The Morgan fingerprint density at radius 1 is 1.50 bits per heavy atom. The van der Waals surface area contributed by atoms with Crippen LogP contribution < -0.4 is 4.90 Å². The lowest BCUT2D eigenvalue weighted by atomic mass is 10.0. The Morgan fingerprint density at radius 2 is 2.20 bits per heavy atom. The van der Waals surface area contributed by atoms with Crippen LogP contribution in [0.25, 0.3) is 0 Å². The monoisotopic (exact) mass is 294 g/mol. The Bertz CT molecular complexity index is 647. The van der Waals surface area contributed by atoms with E-state index in [4.69, 9.17) is 5.26 Å². The van der Waals surface area contributed by atoms with Gasteiger partial charge in [0.25, 0.3) is 0 Å². The van der Waals surface area contributed by atoms with Crippen molar-refractivity contribution in [3.8, 4) is 6.07 Å². The second-order valence-corrected chi connectivity index (χ2v) is 7.46. The minimum atomic E-state index is -2.97. The Kier molecular flexibility index (Phi) is 4.02. The van der Waals surface area contributed by atoms with Crippen LogP contribution in [0.2, 0.25) is 0 Å². The van der Waals surface area contributed by atoms with E-state index < -0.39 is 15.9 Å². The molecule has 0 amide bonds. The highest BCUT2D eigenvalue weighted by atomic mass is 32.2. The maximum absolute atomic E-state index is 11.6. The van der Waals surface area contributed by atoms with Crippen LogP contribution in [0.4, 0.5) is 5.69 Å². The van der Waals surface area contributed by atoms with Crippen molar-refractivity contribution in [2.24, 2.45) is 0 Å². The van der Waals surface area contributed by atoms with Gasteiger partial charge in [-0.25, -0.2) is 8.42 Å². The highest BCUT2D eigenvalue weighted by Gasteiger charge is 2.31. The first-order valence-electron chi connectivity index (χ1n) is 6.49. The zero-order valence-electron chi connectivity index (χ0n) is 11.6. The summed E-state index contributed by atoms with van der Waals surface area (Å²) in [6.07, 6.45) is -0.0901. The molecular weight excluding hydrogens is 276 g/mol. The van der Waals surface area contributed by atoms with Crippen molar-refractivity contribution in [2.75, 3.05) is 23.5 Å². The highest BCUT2D eigenvalue weighted by molar-refractivity contribution is 7.91. The summed E-state index contributed by atoms with van der Waals surface area (Å²) in [5.41, 5.74) is 1.93. The van der Waals surface area contributed by atoms with Crippen LogP contribution in [-0.2, 0) is 9.84 Å². The molecule has 108 valence electrons. The molecule has 1 saturated heterocycles. The summed E-state index contributed by atoms with van der Waals surface area (Å²) in [6.45, 7) is 1.66. The number of nitrogens with zero attached hydrogens (tertiary/aromatic N) is 2. The summed E-state index contributed by atoms with van der Waals surface area (Å²) >= 11 is 0. The summed E-state index contributed by atoms with van der Waals surface area (Å²) in [4.78, 5) is 1.87. The fourth-order valence-electron chi connectivity index (χ4n) is 2.55. The Morgan fingerprint density at radius 3 is 2.70 bits per heavy atom. The number of aliphatic hydroxyl groups is 1. The second-order valence-electron chi connectivity index (χ2n) is 5.23. The van der Waals surface area contributed by atoms with E-state index in [0.29, 0.717) is 17.5 Å². The predicted octanol–water partition coefficient (Wildman–Crippen LogP) is 1.23. The first kappa shape index (κ1) is 14.8. The molecule has 0 radical (unpaired) electrons. The number of sulfone groups is 1. The third-order valence-electron chi connectivity index (χ3n) is 3.75. The molecule has 1 fully saturated rings. The second kappa shape index (κ2) is 5.43. The number of anilines is 1. The van der Waals surface area contributed by atoms with Crippen LogP contribution in [-0.4, -0.2) is 38.1 Å². The Hall–Kier alpha value is -1.58. The van der Waals surface area contributed by atoms with Gasteiger partial charge in [-0.05, 0) is 25.5 Å². The van der Waals surface area contributed by atoms with Gasteiger partial charge in [-0.15, -0.1) is 0 Å². The molecule has 1 aliphatic rings. The number of nitriles is 1. The first-order valence-corrected chi connectivity index (χ1v) is 8.31. The number of hydrogen-bond donors (Lipinski definition) is 1. The molecule has 2 atom stereocenters. The predicted molar refractivity (Wildman–Crippen MR) is 77.3 cm³/mol. The first-order chi connectivity index (χ1) is 9.34. The molecule has 2 rings (SSSR count). The average Bonchev–Trinajstić information content (AvgIpc) is 2.77. The van der Waals surface area contributed by atoms with E-state index >= 15 is 0 Å². The molecule has 20 heavy (non-hydrogen) atoms. The number of rotatable bonds is 3. The van der Waals surface area contributed by atoms with Crippen molar-refractivity contribution in [1.82, 2.24) is 0 Å². The van der Waals surface area contributed by atoms with Gasteiger partial charge in [0.1, 0.15) is 0 Å². The zero-order chi connectivity index (χ0) is 14.9. The van der Waals surface area contributed by atoms with Crippen molar-refractivity contribution in [3.63, 3.8) is 0 Å². The highest BCUT2D eigenvalue weighted by Crippen LogP contribution is 2.30. The molecule has 0 bridgehead atoms. The minimum Gasteiger partial charge on any atom is -0.389 e. The van der Waals surface area contributed by atoms with Crippen molar-refractivity contribution >= 4 is 15.5 Å². The summed E-state index contributed by atoms with van der Waals surface area (Å²) in [5.74, 6) is 0.323. The van der Waals surface area contributed by atoms with Gasteiger partial charge in [0.05, 0.1) is 29.2 Å². The molecule has 6 heteroatoms. The molecular formula is C14H18N2O3S. The summed E-state index contributed by atoms with van der Waals surface area (Å²) < 4.78 is 23.2. The normalized spacial score (nSPS) is 22.2. The standard InChI is InChI=1S/C14H18N2O3S/c1-10(17)13-4-3-11(8-15)7-14(13)16(2)12-5-6-20(18,19)9-12/h3-4,7,10,12,17H,5-6,9H2,1-2H3/t10-,12?/m1/s1. The summed E-state index contributed by atoms with van der Waals surface area (Å²) in [6, 6.07) is 7.04. The molecule has 0 aromatic heterocycles. The lowest BCUT2D eigenvalue weighted by Gasteiger charge is -2.29. The number of hydrogen-bond acceptors (Lipinski definition) is 5. The van der Waals surface area contributed by atoms with Gasteiger partial charge >= 0.3 is 0 Å². The van der Waals surface area contributed by atoms with Gasteiger partial charge < -0.3 is 10.0 Å². The van der Waals surface area contributed by atoms with Gasteiger partial charge in [0.2, 0.25) is 0 Å². The van der Waals surface area contributed by atoms with Crippen molar-refractivity contribution in [1.29, 1.82) is 5.26 Å². The largest absolute Gasteiger partial charge is 0.389 e. The van der Waals surface area contributed by atoms with Gasteiger partial charge in [0, 0.05) is 24.3 Å². The van der Waals surface area contributed by atoms with Crippen molar-refractivity contribution < 1.29 is 13.5 Å². The van der Waals surface area contributed by atoms with Crippen LogP contribution in [0.1, 0.15) is 30.6 Å². The maximum Gasteiger partial charge on any atom is 0.152 e. The minimum absolute atomic E-state index is 0.105. The fraction of sp³-hybridized carbons (Fsp3) is 0.500. The van der Waals surface area contributed by atoms with Gasteiger partial charge in [-0.3, -0.25) is 0 Å². The molecule has 1 aromatic rings. The molecule has 0 spiro atoms. The van der Waals surface area contributed by atoms with Crippen molar-refractivity contribution in [3.05, 3.63) is 29.3 Å². The van der Waals surface area contributed by atoms with E-state index in [2.05, 4.69) is 6.07 Å². The van der Waals surface area contributed by atoms with E-state index in [0.717, 1.165) is 5.69 Å². The van der Waals surface area contributed by atoms with E-state index in [1.807, 2.05) is 11.9 Å². The van der Waals surface area contributed by atoms with Gasteiger partial charge in [0.15, 0.2) is 9.84 Å². The molecule has 0 saturated carbocycles. The summed E-state index contributed by atoms with van der Waals surface area (Å²) in [5, 5.41) is 18.8. The molecule has 0 aliphatic carbocycles. The van der Waals surface area contributed by atoms with Gasteiger partial charge in [-0.2, -0.15) is 5.26 Å². The van der Waals surface area contributed by atoms with E-state index in [9.17, 15) is 13.5 Å². The number of aliphatic hydroxyl groups excluding tert-OH is 1. The lowest BCUT2D eigenvalue weighted by Crippen LogP contribution is -2.33. The summed E-state index contributed by atoms with van der Waals surface area (Å²) in [7, 11) is -1.15. The smallest absolute Gasteiger partial charge is 0.152 e. The molecule has 5 nitrogen and oxygen atoms in total. The average molecular weight is 294 g/mol. The quantitative estimate of drug-likeness (QED) is 0.907. The molecule has 1 aromatic carbocycles. The molecule has 1 N–H and O–H groups in total. The lowest BCUT2D eigenvalue weighted by molar-refractivity contribution is 0.199.